The van der Waals surface area contributed by atoms with Crippen LogP contribution in [0.4, 0.5) is 5.69 Å². The second-order valence-corrected chi connectivity index (χ2v) is 4.41. The molecule has 2 aromatic rings. The summed E-state index contributed by atoms with van der Waals surface area (Å²) in [6.45, 7) is 4.15. The maximum atomic E-state index is 5.97. The van der Waals surface area contributed by atoms with Crippen LogP contribution in [0.15, 0.2) is 18.2 Å². The monoisotopic (exact) mass is 251 g/mol. The number of rotatable bonds is 3. The van der Waals surface area contributed by atoms with E-state index in [9.17, 15) is 0 Å². The van der Waals surface area contributed by atoms with Crippen molar-refractivity contribution in [2.24, 2.45) is 0 Å². The molecule has 0 aliphatic rings. The molecule has 0 radical (unpaired) electrons. The quantitative estimate of drug-likeness (QED) is 0.851. The van der Waals surface area contributed by atoms with Gasteiger partial charge in [-0.25, -0.2) is 4.68 Å². The largest absolute Gasteiger partial charge is 0.399 e. The standard InChI is InChI=1S/C11H14ClN5/c1-3-7(2)17-11(14-15-16-17)8-4-9(12)6-10(13)5-8/h4-7H,3,13H2,1-2H3. The van der Waals surface area contributed by atoms with Gasteiger partial charge in [-0.05, 0) is 42.0 Å². The minimum absolute atomic E-state index is 0.236. The predicted octanol–water partition coefficient (Wildman–Crippen LogP) is 2.55. The van der Waals surface area contributed by atoms with E-state index in [2.05, 4.69) is 29.4 Å². The van der Waals surface area contributed by atoms with Crippen molar-refractivity contribution in [3.05, 3.63) is 23.2 Å². The van der Waals surface area contributed by atoms with Gasteiger partial charge >= 0.3 is 0 Å². The van der Waals surface area contributed by atoms with Gasteiger partial charge in [0.25, 0.3) is 0 Å². The number of aromatic nitrogens is 4. The van der Waals surface area contributed by atoms with Gasteiger partial charge in [-0.15, -0.1) is 5.10 Å². The molecule has 90 valence electrons. The first kappa shape index (κ1) is 11.9. The van der Waals surface area contributed by atoms with Gasteiger partial charge in [0, 0.05) is 16.3 Å². The molecule has 0 saturated heterocycles. The average molecular weight is 252 g/mol. The number of nitrogens with two attached hydrogens (primary N) is 1. The van der Waals surface area contributed by atoms with Crippen LogP contribution in [0.3, 0.4) is 0 Å². The smallest absolute Gasteiger partial charge is 0.182 e. The van der Waals surface area contributed by atoms with Gasteiger partial charge in [0.1, 0.15) is 0 Å². The Hall–Kier alpha value is -1.62. The first-order valence-electron chi connectivity index (χ1n) is 5.46. The summed E-state index contributed by atoms with van der Waals surface area (Å²) in [4.78, 5) is 0. The lowest BCUT2D eigenvalue weighted by Gasteiger charge is -2.11. The molecule has 0 aliphatic carbocycles. The zero-order valence-corrected chi connectivity index (χ0v) is 10.5. The zero-order valence-electron chi connectivity index (χ0n) is 9.76. The van der Waals surface area contributed by atoms with E-state index < -0.39 is 0 Å². The number of nitrogens with zero attached hydrogens (tertiary/aromatic N) is 4. The molecule has 1 unspecified atom stereocenters. The Morgan fingerprint density at radius 3 is 2.82 bits per heavy atom. The van der Waals surface area contributed by atoms with E-state index in [1.807, 2.05) is 12.1 Å². The highest BCUT2D eigenvalue weighted by molar-refractivity contribution is 6.31. The highest BCUT2D eigenvalue weighted by Crippen LogP contribution is 2.25. The molecule has 0 aliphatic heterocycles. The number of hydrogen-bond donors (Lipinski definition) is 1. The number of tetrazole rings is 1. The minimum Gasteiger partial charge on any atom is -0.399 e. The second-order valence-electron chi connectivity index (χ2n) is 3.98. The third-order valence-corrected chi connectivity index (χ3v) is 2.90. The first-order chi connectivity index (χ1) is 8.11. The van der Waals surface area contributed by atoms with Gasteiger partial charge in [0.15, 0.2) is 5.82 Å². The number of nitrogen functional groups attached to an aromatic ring is 1. The Bertz CT molecular complexity index is 502. The van der Waals surface area contributed by atoms with Crippen molar-refractivity contribution in [2.75, 3.05) is 5.73 Å². The van der Waals surface area contributed by atoms with E-state index >= 15 is 0 Å². The van der Waals surface area contributed by atoms with Crippen LogP contribution in [-0.2, 0) is 0 Å². The van der Waals surface area contributed by atoms with Gasteiger partial charge in [0.2, 0.25) is 0 Å². The molecule has 2 rings (SSSR count). The van der Waals surface area contributed by atoms with Crippen LogP contribution >= 0.6 is 11.6 Å². The van der Waals surface area contributed by atoms with Gasteiger partial charge in [-0.3, -0.25) is 0 Å². The molecule has 1 aromatic heterocycles. The molecule has 1 aromatic carbocycles. The lowest BCUT2D eigenvalue weighted by atomic mass is 10.1. The van der Waals surface area contributed by atoms with Crippen LogP contribution in [0.1, 0.15) is 26.3 Å². The molecular weight excluding hydrogens is 238 g/mol. The minimum atomic E-state index is 0.236. The Morgan fingerprint density at radius 1 is 1.41 bits per heavy atom. The van der Waals surface area contributed by atoms with E-state index in [4.69, 9.17) is 17.3 Å². The summed E-state index contributed by atoms with van der Waals surface area (Å²) in [6.07, 6.45) is 0.952. The fraction of sp³-hybridized carbons (Fsp3) is 0.364. The molecule has 0 bridgehead atoms. The SMILES string of the molecule is CCC(C)n1nnnc1-c1cc(N)cc(Cl)c1. The highest BCUT2D eigenvalue weighted by Gasteiger charge is 2.13. The summed E-state index contributed by atoms with van der Waals surface area (Å²) in [6, 6.07) is 5.56. The maximum absolute atomic E-state index is 5.97. The summed E-state index contributed by atoms with van der Waals surface area (Å²) in [5, 5.41) is 12.3. The van der Waals surface area contributed by atoms with Gasteiger partial charge in [0.05, 0.1) is 6.04 Å². The fourth-order valence-corrected chi connectivity index (χ4v) is 1.84. The van der Waals surface area contributed by atoms with Crippen molar-refractivity contribution in [1.29, 1.82) is 0 Å². The van der Waals surface area contributed by atoms with Crippen molar-refractivity contribution < 1.29 is 0 Å². The Morgan fingerprint density at radius 2 is 2.18 bits per heavy atom. The van der Waals surface area contributed by atoms with E-state index in [1.54, 1.807) is 10.7 Å². The average Bonchev–Trinajstić information content (AvgIpc) is 2.75. The van der Waals surface area contributed by atoms with Gasteiger partial charge in [-0.1, -0.05) is 18.5 Å². The van der Waals surface area contributed by atoms with Crippen LogP contribution in [0.25, 0.3) is 11.4 Å². The molecule has 0 saturated carbocycles. The van der Waals surface area contributed by atoms with E-state index in [0.29, 0.717) is 16.5 Å². The van der Waals surface area contributed by atoms with Gasteiger partial charge in [-0.2, -0.15) is 0 Å². The summed E-state index contributed by atoms with van der Waals surface area (Å²) < 4.78 is 1.78. The fourth-order valence-electron chi connectivity index (χ4n) is 1.59. The molecule has 0 spiro atoms. The lowest BCUT2D eigenvalue weighted by Crippen LogP contribution is -2.08. The van der Waals surface area contributed by atoms with Gasteiger partial charge < -0.3 is 5.73 Å². The highest BCUT2D eigenvalue weighted by atomic mass is 35.5. The molecular formula is C11H14ClN5. The number of benzene rings is 1. The zero-order chi connectivity index (χ0) is 12.4. The van der Waals surface area contributed by atoms with Crippen molar-refractivity contribution in [2.45, 2.75) is 26.3 Å². The van der Waals surface area contributed by atoms with Crippen molar-refractivity contribution in [3.63, 3.8) is 0 Å². The molecule has 17 heavy (non-hydrogen) atoms. The molecule has 0 fully saturated rings. The topological polar surface area (TPSA) is 69.6 Å². The summed E-state index contributed by atoms with van der Waals surface area (Å²) >= 11 is 5.97. The molecule has 5 nitrogen and oxygen atoms in total. The normalized spacial score (nSPS) is 12.6. The maximum Gasteiger partial charge on any atom is 0.182 e. The van der Waals surface area contributed by atoms with E-state index in [1.165, 1.54) is 0 Å². The number of hydrogen-bond acceptors (Lipinski definition) is 4. The Balaban J connectivity index is 2.49. The predicted molar refractivity (Wildman–Crippen MR) is 67.7 cm³/mol. The summed E-state index contributed by atoms with van der Waals surface area (Å²) in [7, 11) is 0. The van der Waals surface area contributed by atoms with Crippen molar-refractivity contribution in [3.8, 4) is 11.4 Å². The Kier molecular flexibility index (Phi) is 3.28. The van der Waals surface area contributed by atoms with Crippen molar-refractivity contribution in [1.82, 2.24) is 20.2 Å². The number of halogens is 1. The number of anilines is 1. The first-order valence-corrected chi connectivity index (χ1v) is 5.84. The van der Waals surface area contributed by atoms with Crippen LogP contribution < -0.4 is 5.73 Å². The van der Waals surface area contributed by atoms with E-state index in [-0.39, 0.29) is 6.04 Å². The molecule has 1 atom stereocenters. The van der Waals surface area contributed by atoms with Crippen LogP contribution in [0.2, 0.25) is 5.02 Å². The Labute approximate surface area is 105 Å². The molecule has 1 heterocycles. The third kappa shape index (κ3) is 2.39. The van der Waals surface area contributed by atoms with Crippen LogP contribution in [0.5, 0.6) is 0 Å². The molecule has 6 heteroatoms. The van der Waals surface area contributed by atoms with Crippen LogP contribution in [0, 0.1) is 0 Å². The summed E-state index contributed by atoms with van der Waals surface area (Å²) in [5.74, 6) is 0.688. The molecule has 2 N–H and O–H groups in total. The summed E-state index contributed by atoms with van der Waals surface area (Å²) in [5.41, 5.74) is 7.20. The lowest BCUT2D eigenvalue weighted by molar-refractivity contribution is 0.469. The third-order valence-electron chi connectivity index (χ3n) is 2.68. The second kappa shape index (κ2) is 4.71. The van der Waals surface area contributed by atoms with Crippen LogP contribution in [-0.4, -0.2) is 20.2 Å². The molecule has 0 amide bonds. The van der Waals surface area contributed by atoms with E-state index in [0.717, 1.165) is 12.0 Å². The van der Waals surface area contributed by atoms with Crippen molar-refractivity contribution >= 4 is 17.3 Å².